The number of nitrogens with zero attached hydrogens (tertiary/aromatic N) is 2. The molecule has 1 unspecified atom stereocenters. The number of aromatic nitrogens is 2. The highest BCUT2D eigenvalue weighted by molar-refractivity contribution is 5.92. The summed E-state index contributed by atoms with van der Waals surface area (Å²) < 4.78 is 41.7. The third kappa shape index (κ3) is 2.43. The summed E-state index contributed by atoms with van der Waals surface area (Å²) in [5, 5.41) is 2.68. The number of nitrogens with one attached hydrogen (secondary N) is 1. The fourth-order valence-electron chi connectivity index (χ4n) is 3.83. The van der Waals surface area contributed by atoms with Crippen LogP contribution in [0.25, 0.3) is 0 Å². The van der Waals surface area contributed by atoms with Gasteiger partial charge in [-0.2, -0.15) is 13.2 Å². The summed E-state index contributed by atoms with van der Waals surface area (Å²) in [5.74, 6) is -1.33. The zero-order chi connectivity index (χ0) is 17.9. The number of carbonyl (C=O) groups excluding carboxylic acids is 1. The average Bonchev–Trinajstić information content (AvgIpc) is 3.20. The first kappa shape index (κ1) is 17.3. The number of amides is 1. The Bertz CT molecular complexity index is 669. The van der Waals surface area contributed by atoms with Gasteiger partial charge in [-0.05, 0) is 52.9 Å². The first-order valence-electron chi connectivity index (χ1n) is 8.46. The van der Waals surface area contributed by atoms with Gasteiger partial charge in [0.05, 0.1) is 11.1 Å². The number of carbonyl (C=O) groups is 1. The Morgan fingerprint density at radius 1 is 1.25 bits per heavy atom. The first-order valence-corrected chi connectivity index (χ1v) is 8.46. The molecule has 1 aromatic heterocycles. The lowest BCUT2D eigenvalue weighted by atomic mass is 9.78. The third-order valence-corrected chi connectivity index (χ3v) is 6.13. The van der Waals surface area contributed by atoms with E-state index in [4.69, 9.17) is 0 Å². The molecule has 0 saturated heterocycles. The van der Waals surface area contributed by atoms with Crippen LogP contribution < -0.4 is 5.32 Å². The molecule has 3 rings (SSSR count). The van der Waals surface area contributed by atoms with Crippen LogP contribution in [0, 0.1) is 25.2 Å². The van der Waals surface area contributed by atoms with Crippen LogP contribution in [0.4, 0.5) is 19.1 Å². The molecule has 7 heteroatoms. The highest BCUT2D eigenvalue weighted by atomic mass is 19.4. The molecule has 2 fully saturated rings. The Morgan fingerprint density at radius 2 is 1.83 bits per heavy atom. The number of imidazole rings is 1. The summed E-state index contributed by atoms with van der Waals surface area (Å²) in [6.07, 6.45) is -1.23. The Labute approximate surface area is 139 Å². The summed E-state index contributed by atoms with van der Waals surface area (Å²) in [6.45, 7) is 7.25. The highest BCUT2D eigenvalue weighted by Crippen LogP contribution is 2.62. The van der Waals surface area contributed by atoms with Crippen molar-refractivity contribution in [1.29, 1.82) is 0 Å². The van der Waals surface area contributed by atoms with Gasteiger partial charge in [-0.1, -0.05) is 6.92 Å². The molecule has 0 aliphatic heterocycles. The molecule has 1 aromatic rings. The van der Waals surface area contributed by atoms with Gasteiger partial charge in [0.1, 0.15) is 0 Å². The molecule has 134 valence electrons. The van der Waals surface area contributed by atoms with E-state index >= 15 is 0 Å². The molecule has 4 nitrogen and oxygen atoms in total. The fraction of sp³-hybridized carbons (Fsp3) is 0.765. The number of rotatable bonds is 4. The molecule has 1 amide bonds. The van der Waals surface area contributed by atoms with Gasteiger partial charge in [-0.3, -0.25) is 10.1 Å². The van der Waals surface area contributed by atoms with Gasteiger partial charge >= 0.3 is 6.18 Å². The van der Waals surface area contributed by atoms with Crippen molar-refractivity contribution in [2.24, 2.45) is 11.3 Å². The molecule has 2 aliphatic rings. The van der Waals surface area contributed by atoms with Gasteiger partial charge in [0.2, 0.25) is 11.9 Å². The predicted octanol–water partition coefficient (Wildman–Crippen LogP) is 4.32. The van der Waals surface area contributed by atoms with Crippen molar-refractivity contribution in [2.45, 2.75) is 71.5 Å². The standard InChI is InChI=1S/C17H24F3N3O/c1-10(16(8-9-16)17(18,19)20)13(24)22-14-21-11(2)12(3)23(14)15(4)6-5-7-15/h10H,5-9H2,1-4H3,(H,21,22,24). The van der Waals surface area contributed by atoms with Crippen LogP contribution in [0.3, 0.4) is 0 Å². The van der Waals surface area contributed by atoms with Gasteiger partial charge in [-0.15, -0.1) is 0 Å². The Hall–Kier alpha value is -1.53. The van der Waals surface area contributed by atoms with E-state index < -0.39 is 23.4 Å². The highest BCUT2D eigenvalue weighted by Gasteiger charge is 2.67. The van der Waals surface area contributed by atoms with E-state index in [0.717, 1.165) is 30.7 Å². The Balaban J connectivity index is 1.84. The van der Waals surface area contributed by atoms with Gasteiger partial charge in [0, 0.05) is 17.2 Å². The molecule has 2 saturated carbocycles. The van der Waals surface area contributed by atoms with Crippen molar-refractivity contribution < 1.29 is 18.0 Å². The second-order valence-corrected chi connectivity index (χ2v) is 7.66. The van der Waals surface area contributed by atoms with Crippen molar-refractivity contribution in [1.82, 2.24) is 9.55 Å². The second-order valence-electron chi connectivity index (χ2n) is 7.66. The van der Waals surface area contributed by atoms with Crippen molar-refractivity contribution in [2.75, 3.05) is 5.32 Å². The number of halogens is 3. The second kappa shape index (κ2) is 5.23. The largest absolute Gasteiger partial charge is 0.395 e. The number of hydrogen-bond donors (Lipinski definition) is 1. The molecule has 1 N–H and O–H groups in total. The number of anilines is 1. The maximum absolute atomic E-state index is 13.2. The van der Waals surface area contributed by atoms with Crippen molar-refractivity contribution >= 4 is 11.9 Å². The minimum Gasteiger partial charge on any atom is -0.308 e. The van der Waals surface area contributed by atoms with Gasteiger partial charge in [0.25, 0.3) is 0 Å². The summed E-state index contributed by atoms with van der Waals surface area (Å²) in [6, 6.07) is 0. The average molecular weight is 343 g/mol. The maximum Gasteiger partial charge on any atom is 0.395 e. The molecule has 1 heterocycles. The van der Waals surface area contributed by atoms with Gasteiger partial charge in [0.15, 0.2) is 0 Å². The van der Waals surface area contributed by atoms with Crippen LogP contribution >= 0.6 is 0 Å². The molecular weight excluding hydrogens is 319 g/mol. The summed E-state index contributed by atoms with van der Waals surface area (Å²) in [4.78, 5) is 16.9. The lowest BCUT2D eigenvalue weighted by Crippen LogP contribution is -2.41. The zero-order valence-electron chi connectivity index (χ0n) is 14.5. The zero-order valence-corrected chi connectivity index (χ0v) is 14.5. The number of aryl methyl sites for hydroxylation is 1. The topological polar surface area (TPSA) is 46.9 Å². The van der Waals surface area contributed by atoms with E-state index in [1.807, 2.05) is 18.4 Å². The van der Waals surface area contributed by atoms with Crippen molar-refractivity contribution in [3.8, 4) is 0 Å². The van der Waals surface area contributed by atoms with E-state index in [9.17, 15) is 18.0 Å². The molecular formula is C17H24F3N3O. The van der Waals surface area contributed by atoms with Crippen LogP contribution in [0.2, 0.25) is 0 Å². The third-order valence-electron chi connectivity index (χ3n) is 6.13. The molecule has 0 spiro atoms. The maximum atomic E-state index is 13.2. The van der Waals surface area contributed by atoms with Gasteiger partial charge < -0.3 is 4.57 Å². The van der Waals surface area contributed by atoms with Crippen molar-refractivity contribution in [3.05, 3.63) is 11.4 Å². The molecule has 0 aromatic carbocycles. The van der Waals surface area contributed by atoms with E-state index in [0.29, 0.717) is 5.95 Å². The lowest BCUT2D eigenvalue weighted by molar-refractivity contribution is -0.201. The van der Waals surface area contributed by atoms with E-state index in [1.165, 1.54) is 6.92 Å². The van der Waals surface area contributed by atoms with Gasteiger partial charge in [-0.25, -0.2) is 4.98 Å². The van der Waals surface area contributed by atoms with Crippen LogP contribution in [-0.2, 0) is 10.3 Å². The lowest BCUT2D eigenvalue weighted by Gasteiger charge is -2.41. The van der Waals surface area contributed by atoms with E-state index in [-0.39, 0.29) is 18.4 Å². The van der Waals surface area contributed by atoms with Crippen molar-refractivity contribution in [3.63, 3.8) is 0 Å². The Kier molecular flexibility index (Phi) is 3.77. The fourth-order valence-corrected chi connectivity index (χ4v) is 3.83. The minimum atomic E-state index is -4.34. The monoisotopic (exact) mass is 343 g/mol. The summed E-state index contributed by atoms with van der Waals surface area (Å²) in [5.41, 5.74) is -0.225. The predicted molar refractivity (Wildman–Crippen MR) is 84.7 cm³/mol. The summed E-state index contributed by atoms with van der Waals surface area (Å²) >= 11 is 0. The van der Waals surface area contributed by atoms with E-state index in [2.05, 4.69) is 17.2 Å². The molecule has 24 heavy (non-hydrogen) atoms. The molecule has 1 atom stereocenters. The first-order chi connectivity index (χ1) is 11.0. The molecule has 2 aliphatic carbocycles. The Morgan fingerprint density at radius 3 is 2.25 bits per heavy atom. The molecule has 0 bridgehead atoms. The van der Waals surface area contributed by atoms with Crippen LogP contribution in [-0.4, -0.2) is 21.6 Å². The normalized spacial score (nSPS) is 22.6. The molecule has 0 radical (unpaired) electrons. The van der Waals surface area contributed by atoms with Crippen LogP contribution in [0.1, 0.15) is 57.3 Å². The quantitative estimate of drug-likeness (QED) is 0.885. The number of alkyl halides is 3. The minimum absolute atomic E-state index is 0.0231. The smallest absolute Gasteiger partial charge is 0.308 e. The summed E-state index contributed by atoms with van der Waals surface area (Å²) in [7, 11) is 0. The SMILES string of the molecule is Cc1nc(NC(=O)C(C)C2(C(F)(F)F)CC2)n(C2(C)CCC2)c1C. The van der Waals surface area contributed by atoms with Crippen LogP contribution in [0.15, 0.2) is 0 Å². The van der Waals surface area contributed by atoms with E-state index in [1.54, 1.807) is 0 Å². The van der Waals surface area contributed by atoms with Crippen LogP contribution in [0.5, 0.6) is 0 Å². The number of hydrogen-bond acceptors (Lipinski definition) is 2.